The van der Waals surface area contributed by atoms with Gasteiger partial charge in [-0.25, -0.2) is 0 Å². The molecule has 0 radical (unpaired) electrons. The van der Waals surface area contributed by atoms with Gasteiger partial charge in [-0.3, -0.25) is 0 Å². The van der Waals surface area contributed by atoms with Gasteiger partial charge in [-0.15, -0.1) is 0 Å². The van der Waals surface area contributed by atoms with Gasteiger partial charge in [0.1, 0.15) is 48.8 Å². The van der Waals surface area contributed by atoms with Crippen LogP contribution in [0.25, 0.3) is 0 Å². The molecular weight excluding hydrogens is 712 g/mol. The lowest BCUT2D eigenvalue weighted by Crippen LogP contribution is -2.66. The molecule has 1 spiro atoms. The van der Waals surface area contributed by atoms with Crippen LogP contribution in [0.1, 0.15) is 93.4 Å². The lowest BCUT2D eigenvalue weighted by Gasteiger charge is -2.65. The molecule has 55 heavy (non-hydrogen) atoms. The SMILES string of the molecule is CC(C)=CC(C[C@@H](C)[C@H]1CC[C@@]2(C)[C@@H]3C=C[C@@]45OC[C@]3(CC[C@]12C)C4CC[C@H](O[C@@H]1O[C@H](CO)[C@@H](O)[C@H](O)[C@H]1O)C5(C)C)O[C@@H]1O[C@H](CO)[C@@H](O)[C@@H](O)[C@H]1O. The van der Waals surface area contributed by atoms with E-state index in [0.717, 1.165) is 37.7 Å². The molecule has 6 fully saturated rings. The van der Waals surface area contributed by atoms with Crippen LogP contribution < -0.4 is 0 Å². The third kappa shape index (κ3) is 6.28. The van der Waals surface area contributed by atoms with Crippen LogP contribution in [0.5, 0.6) is 0 Å². The molecule has 7 rings (SSSR count). The summed E-state index contributed by atoms with van der Waals surface area (Å²) in [5.74, 6) is 1.25. The van der Waals surface area contributed by atoms with Crippen LogP contribution in [-0.4, -0.2) is 140 Å². The molecule has 2 unspecified atom stereocenters. The van der Waals surface area contributed by atoms with Crippen molar-refractivity contribution in [3.05, 3.63) is 23.8 Å². The van der Waals surface area contributed by atoms with E-state index in [1.54, 1.807) is 0 Å². The quantitative estimate of drug-likeness (QED) is 0.150. The molecule has 0 aromatic heterocycles. The molecule has 3 aliphatic heterocycles. The molecule has 7 aliphatic rings. The Hall–Kier alpha value is -1.04. The highest BCUT2D eigenvalue weighted by molar-refractivity contribution is 5.33. The maximum absolute atomic E-state index is 10.8. The Kier molecular flexibility index (Phi) is 11.4. The monoisotopic (exact) mass is 780 g/mol. The number of aliphatic hydroxyl groups is 8. The minimum Gasteiger partial charge on any atom is -0.394 e. The van der Waals surface area contributed by atoms with E-state index in [-0.39, 0.29) is 34.2 Å². The van der Waals surface area contributed by atoms with Crippen LogP contribution in [0.4, 0.5) is 0 Å². The topological polar surface area (TPSA) is 208 Å². The van der Waals surface area contributed by atoms with Crippen molar-refractivity contribution in [3.63, 3.8) is 0 Å². The molecule has 20 atom stereocenters. The highest BCUT2D eigenvalue weighted by Crippen LogP contribution is 2.77. The fourth-order valence-corrected chi connectivity index (χ4v) is 13.2. The number of fused-ring (bicyclic) bond motifs is 2. The first-order chi connectivity index (χ1) is 25.8. The normalized spacial score (nSPS) is 52.5. The summed E-state index contributed by atoms with van der Waals surface area (Å²) in [6, 6.07) is 0. The minimum absolute atomic E-state index is 0.0124. The number of hydrogen-bond donors (Lipinski definition) is 8. The third-order valence-corrected chi connectivity index (χ3v) is 16.5. The summed E-state index contributed by atoms with van der Waals surface area (Å²) in [7, 11) is 0. The van der Waals surface area contributed by atoms with Gasteiger partial charge in [0.2, 0.25) is 0 Å². The summed E-state index contributed by atoms with van der Waals surface area (Å²) in [4.78, 5) is 0. The van der Waals surface area contributed by atoms with E-state index in [0.29, 0.717) is 31.3 Å². The van der Waals surface area contributed by atoms with Crippen LogP contribution in [-0.2, 0) is 23.7 Å². The first kappa shape index (κ1) is 42.1. The van der Waals surface area contributed by atoms with E-state index in [1.165, 1.54) is 0 Å². The molecule has 2 bridgehead atoms. The zero-order chi connectivity index (χ0) is 40.0. The van der Waals surface area contributed by atoms with Crippen LogP contribution in [0.15, 0.2) is 23.8 Å². The van der Waals surface area contributed by atoms with Gasteiger partial charge in [0, 0.05) is 16.7 Å². The molecule has 0 amide bonds. The van der Waals surface area contributed by atoms with E-state index in [1.807, 2.05) is 19.9 Å². The second-order valence-corrected chi connectivity index (χ2v) is 19.6. The summed E-state index contributed by atoms with van der Waals surface area (Å²) >= 11 is 0. The van der Waals surface area contributed by atoms with Crippen molar-refractivity contribution < 1.29 is 64.5 Å². The molecule has 0 aromatic carbocycles. The van der Waals surface area contributed by atoms with E-state index in [4.69, 9.17) is 23.7 Å². The van der Waals surface area contributed by atoms with Crippen molar-refractivity contribution >= 4 is 0 Å². The van der Waals surface area contributed by atoms with Crippen LogP contribution in [0.3, 0.4) is 0 Å². The molecule has 3 saturated carbocycles. The number of ether oxygens (including phenoxy) is 5. The van der Waals surface area contributed by atoms with Crippen LogP contribution in [0, 0.1) is 45.3 Å². The minimum atomic E-state index is -1.50. The van der Waals surface area contributed by atoms with E-state index >= 15 is 0 Å². The Bertz CT molecular complexity index is 1450. The summed E-state index contributed by atoms with van der Waals surface area (Å²) < 4.78 is 31.4. The second-order valence-electron chi connectivity index (χ2n) is 19.6. The van der Waals surface area contributed by atoms with Gasteiger partial charge >= 0.3 is 0 Å². The zero-order valence-electron chi connectivity index (χ0n) is 33.7. The predicted molar refractivity (Wildman–Crippen MR) is 199 cm³/mol. The standard InChI is InChI=1S/C42H68O13/c1-21(2)16-23(52-36-34(49)32(47)30(45)25(18-43)53-36)17-22(3)24-10-12-40(7)27-11-13-42-28(41(27,20-51-42)15-14-39(24,40)6)8-9-29(38(42,4)5)55-37-35(50)33(48)31(46)26(19-44)54-37/h11,13,16,22-37,43-50H,8-10,12,14-15,17-20H2,1-7H3/t22-,23?,24-,25-,26-,27+,28?,29+,30-,31-,32-,33+,34-,35-,36-,37+,39-,40+,41+,42-/m1/s1. The van der Waals surface area contributed by atoms with Gasteiger partial charge in [0.25, 0.3) is 0 Å². The van der Waals surface area contributed by atoms with Crippen molar-refractivity contribution in [1.82, 2.24) is 0 Å². The molecule has 13 heteroatoms. The smallest absolute Gasteiger partial charge is 0.187 e. The van der Waals surface area contributed by atoms with Crippen molar-refractivity contribution in [3.8, 4) is 0 Å². The van der Waals surface area contributed by atoms with Gasteiger partial charge in [-0.1, -0.05) is 58.4 Å². The van der Waals surface area contributed by atoms with E-state index < -0.39 is 91.7 Å². The van der Waals surface area contributed by atoms with Crippen molar-refractivity contribution in [1.29, 1.82) is 0 Å². The van der Waals surface area contributed by atoms with Crippen LogP contribution >= 0.6 is 0 Å². The maximum atomic E-state index is 10.8. The summed E-state index contributed by atoms with van der Waals surface area (Å²) in [5, 5.41) is 82.6. The Labute approximate surface area is 325 Å². The average molecular weight is 781 g/mol. The molecule has 8 N–H and O–H groups in total. The lowest BCUT2D eigenvalue weighted by atomic mass is 9.38. The van der Waals surface area contributed by atoms with Crippen molar-refractivity contribution in [2.24, 2.45) is 45.3 Å². The molecule has 3 saturated heterocycles. The van der Waals surface area contributed by atoms with Gasteiger partial charge in [-0.05, 0) is 87.4 Å². The fraction of sp³-hybridized carbons (Fsp3) is 0.905. The summed E-state index contributed by atoms with van der Waals surface area (Å²) in [6.45, 7) is 15.2. The Balaban J connectivity index is 1.09. The zero-order valence-corrected chi connectivity index (χ0v) is 33.7. The molecule has 0 aromatic rings. The van der Waals surface area contributed by atoms with Crippen molar-refractivity contribution in [2.45, 2.75) is 173 Å². The van der Waals surface area contributed by atoms with Gasteiger partial charge in [-0.2, -0.15) is 0 Å². The number of allylic oxidation sites excluding steroid dienone is 2. The molecule has 3 heterocycles. The molecule has 314 valence electrons. The van der Waals surface area contributed by atoms with Crippen LogP contribution in [0.2, 0.25) is 0 Å². The van der Waals surface area contributed by atoms with Gasteiger partial charge in [0.15, 0.2) is 12.6 Å². The maximum Gasteiger partial charge on any atom is 0.187 e. The number of aliphatic hydroxyl groups excluding tert-OH is 8. The number of rotatable bonds is 10. The average Bonchev–Trinajstić information content (AvgIpc) is 3.53. The Morgan fingerprint density at radius 3 is 2.02 bits per heavy atom. The molecule has 4 aliphatic carbocycles. The first-order valence-corrected chi connectivity index (χ1v) is 20.7. The fourth-order valence-electron chi connectivity index (χ4n) is 13.2. The largest absolute Gasteiger partial charge is 0.394 e. The second kappa shape index (κ2) is 14.9. The summed E-state index contributed by atoms with van der Waals surface area (Å²) in [6.07, 6.45) is -0.710. The van der Waals surface area contributed by atoms with Gasteiger partial charge < -0.3 is 64.5 Å². The highest BCUT2D eigenvalue weighted by atomic mass is 16.7. The summed E-state index contributed by atoms with van der Waals surface area (Å²) in [5.41, 5.74) is -0.0454. The predicted octanol–water partition coefficient (Wildman–Crippen LogP) is 1.94. The molecular formula is C42H68O13. The van der Waals surface area contributed by atoms with Gasteiger partial charge in [0.05, 0.1) is 37.6 Å². The molecule has 13 nitrogen and oxygen atoms in total. The van der Waals surface area contributed by atoms with E-state index in [9.17, 15) is 40.9 Å². The Morgan fingerprint density at radius 2 is 1.40 bits per heavy atom. The van der Waals surface area contributed by atoms with E-state index in [2.05, 4.69) is 46.8 Å². The third-order valence-electron chi connectivity index (χ3n) is 16.5. The first-order valence-electron chi connectivity index (χ1n) is 20.7. The lowest BCUT2D eigenvalue weighted by molar-refractivity contribution is -0.329. The highest BCUT2D eigenvalue weighted by Gasteiger charge is 2.75. The van der Waals surface area contributed by atoms with Crippen molar-refractivity contribution in [2.75, 3.05) is 19.8 Å². The number of hydrogen-bond acceptors (Lipinski definition) is 13. The Morgan fingerprint density at radius 1 is 0.782 bits per heavy atom.